The second-order valence-corrected chi connectivity index (χ2v) is 6.93. The molecule has 0 aliphatic carbocycles. The zero-order valence-electron chi connectivity index (χ0n) is 14.5. The summed E-state index contributed by atoms with van der Waals surface area (Å²) in [4.78, 5) is 21.8. The monoisotopic (exact) mass is 377 g/mol. The minimum atomic E-state index is -0.459. The summed E-state index contributed by atoms with van der Waals surface area (Å²) in [5, 5.41) is 4.72. The van der Waals surface area contributed by atoms with Gasteiger partial charge in [0, 0.05) is 11.1 Å². The molecule has 0 aliphatic heterocycles. The lowest BCUT2D eigenvalue weighted by Gasteiger charge is -2.02. The van der Waals surface area contributed by atoms with Gasteiger partial charge in [0.1, 0.15) is 4.88 Å². The molecule has 0 radical (unpaired) electrons. The molecule has 0 fully saturated rings. The summed E-state index contributed by atoms with van der Waals surface area (Å²) in [6.07, 6.45) is 0. The molecule has 0 aliphatic rings. The lowest BCUT2D eigenvalue weighted by Crippen LogP contribution is -2.05. The molecule has 2 heterocycles. The minimum Gasteiger partial charge on any atom is -0.451 e. The fourth-order valence-corrected chi connectivity index (χ4v) is 3.40. The molecule has 7 heteroatoms. The topological polar surface area (TPSA) is 78.1 Å². The Morgan fingerprint density at radius 1 is 1.00 bits per heavy atom. The Balaban J connectivity index is 1.49. The molecule has 2 aromatic carbocycles. The minimum absolute atomic E-state index is 0.0934. The molecule has 0 atom stereocenters. The predicted molar refractivity (Wildman–Crippen MR) is 101 cm³/mol. The maximum absolute atomic E-state index is 12.6. The van der Waals surface area contributed by atoms with Crippen molar-refractivity contribution in [2.24, 2.45) is 0 Å². The quantitative estimate of drug-likeness (QED) is 0.476. The van der Waals surface area contributed by atoms with Crippen molar-refractivity contribution < 1.29 is 14.1 Å². The highest BCUT2D eigenvalue weighted by Gasteiger charge is 2.20. The fraction of sp³-hybridized carbons (Fsp3) is 0.100. The lowest BCUT2D eigenvalue weighted by atomic mass is 10.1. The van der Waals surface area contributed by atoms with Crippen LogP contribution in [0, 0.1) is 6.92 Å². The highest BCUT2D eigenvalue weighted by molar-refractivity contribution is 7.14. The van der Waals surface area contributed by atoms with Crippen LogP contribution in [-0.4, -0.2) is 21.1 Å². The van der Waals surface area contributed by atoms with Gasteiger partial charge in [-0.25, -0.2) is 9.78 Å². The molecular formula is C20H15N3O3S. The van der Waals surface area contributed by atoms with E-state index in [9.17, 15) is 4.79 Å². The fourth-order valence-electron chi connectivity index (χ4n) is 2.57. The Morgan fingerprint density at radius 2 is 1.67 bits per heavy atom. The molecule has 0 saturated heterocycles. The van der Waals surface area contributed by atoms with Crippen LogP contribution in [0.2, 0.25) is 0 Å². The average molecular weight is 377 g/mol. The van der Waals surface area contributed by atoms with Crippen molar-refractivity contribution in [3.63, 3.8) is 0 Å². The van der Waals surface area contributed by atoms with Crippen LogP contribution in [0.5, 0.6) is 0 Å². The number of esters is 1. The number of aryl methyl sites for hydroxylation is 1. The van der Waals surface area contributed by atoms with Crippen molar-refractivity contribution in [1.82, 2.24) is 15.1 Å². The van der Waals surface area contributed by atoms with Crippen LogP contribution < -0.4 is 0 Å². The zero-order chi connectivity index (χ0) is 18.6. The number of nitrogens with zero attached hydrogens (tertiary/aromatic N) is 3. The number of hydrogen-bond donors (Lipinski definition) is 0. The normalized spacial score (nSPS) is 10.7. The van der Waals surface area contributed by atoms with Gasteiger partial charge in [0.25, 0.3) is 5.89 Å². The number of carbonyl (C=O) groups excluding carboxylic acids is 1. The van der Waals surface area contributed by atoms with Crippen molar-refractivity contribution in [3.05, 3.63) is 76.4 Å². The first-order valence-corrected chi connectivity index (χ1v) is 9.10. The number of rotatable bonds is 5. The third kappa shape index (κ3) is 3.78. The summed E-state index contributed by atoms with van der Waals surface area (Å²) < 4.78 is 10.5. The highest BCUT2D eigenvalue weighted by Crippen LogP contribution is 2.28. The molecule has 0 amide bonds. The van der Waals surface area contributed by atoms with E-state index in [1.807, 2.05) is 67.6 Å². The number of benzene rings is 2. The van der Waals surface area contributed by atoms with E-state index in [0.717, 1.165) is 16.1 Å². The molecule has 134 valence electrons. The Bertz CT molecular complexity index is 1060. The molecule has 0 spiro atoms. The molecule has 0 bridgehead atoms. The first kappa shape index (κ1) is 17.1. The lowest BCUT2D eigenvalue weighted by molar-refractivity contribution is 0.0436. The van der Waals surface area contributed by atoms with Crippen molar-refractivity contribution in [2.75, 3.05) is 0 Å². The van der Waals surface area contributed by atoms with Gasteiger partial charge >= 0.3 is 5.97 Å². The third-order valence-corrected chi connectivity index (χ3v) is 4.74. The maximum atomic E-state index is 12.6. The average Bonchev–Trinajstić information content (AvgIpc) is 3.34. The summed E-state index contributed by atoms with van der Waals surface area (Å²) in [7, 11) is 0. The molecule has 4 aromatic rings. The van der Waals surface area contributed by atoms with Crippen molar-refractivity contribution in [1.29, 1.82) is 0 Å². The number of aromatic nitrogens is 3. The Morgan fingerprint density at radius 3 is 2.37 bits per heavy atom. The Labute approximate surface area is 159 Å². The number of ether oxygens (including phenoxy) is 1. The zero-order valence-corrected chi connectivity index (χ0v) is 15.3. The van der Waals surface area contributed by atoms with Crippen molar-refractivity contribution >= 4 is 17.3 Å². The van der Waals surface area contributed by atoms with Gasteiger partial charge in [0.2, 0.25) is 5.82 Å². The van der Waals surface area contributed by atoms with Crippen LogP contribution in [-0.2, 0) is 11.3 Å². The van der Waals surface area contributed by atoms with Gasteiger partial charge in [0.05, 0.1) is 10.7 Å². The van der Waals surface area contributed by atoms with E-state index in [1.165, 1.54) is 11.3 Å². The summed E-state index contributed by atoms with van der Waals surface area (Å²) in [5.74, 6) is 0.240. The van der Waals surface area contributed by atoms with E-state index >= 15 is 0 Å². The predicted octanol–water partition coefficient (Wildman–Crippen LogP) is 4.53. The molecule has 0 unspecified atom stereocenters. The van der Waals surface area contributed by atoms with Crippen molar-refractivity contribution in [3.8, 4) is 22.6 Å². The van der Waals surface area contributed by atoms with Gasteiger partial charge in [-0.05, 0) is 6.92 Å². The van der Waals surface area contributed by atoms with Gasteiger partial charge in [0.15, 0.2) is 6.61 Å². The molecule has 0 N–H and O–H groups in total. The summed E-state index contributed by atoms with van der Waals surface area (Å²) in [6.45, 7) is 1.77. The summed E-state index contributed by atoms with van der Waals surface area (Å²) >= 11 is 1.30. The summed E-state index contributed by atoms with van der Waals surface area (Å²) in [6, 6.07) is 19.0. The second-order valence-electron chi connectivity index (χ2n) is 5.73. The molecule has 0 saturated carbocycles. The van der Waals surface area contributed by atoms with Gasteiger partial charge in [-0.3, -0.25) is 0 Å². The Hall–Kier alpha value is -3.32. The largest absolute Gasteiger partial charge is 0.451 e. The molecular weight excluding hydrogens is 362 g/mol. The number of hydrogen-bond acceptors (Lipinski definition) is 7. The molecule has 4 rings (SSSR count). The number of carbonyl (C=O) groups is 1. The number of thiazole rings is 1. The van der Waals surface area contributed by atoms with Gasteiger partial charge < -0.3 is 9.26 Å². The third-order valence-electron chi connectivity index (χ3n) is 3.79. The molecule has 2 aromatic heterocycles. The van der Waals surface area contributed by atoms with Gasteiger partial charge in [-0.15, -0.1) is 11.3 Å². The van der Waals surface area contributed by atoms with Crippen LogP contribution >= 0.6 is 11.3 Å². The van der Waals surface area contributed by atoms with E-state index in [1.54, 1.807) is 0 Å². The summed E-state index contributed by atoms with van der Waals surface area (Å²) in [5.41, 5.74) is 2.33. The molecule has 27 heavy (non-hydrogen) atoms. The smallest absolute Gasteiger partial charge is 0.351 e. The van der Waals surface area contributed by atoms with Crippen molar-refractivity contribution in [2.45, 2.75) is 13.5 Å². The van der Waals surface area contributed by atoms with Crippen LogP contribution in [0.3, 0.4) is 0 Å². The van der Waals surface area contributed by atoms with Crippen LogP contribution in [0.1, 0.15) is 20.6 Å². The maximum Gasteiger partial charge on any atom is 0.351 e. The SMILES string of the molecule is Cc1nc(-c2ccccc2)c(C(=O)OCc2nc(-c3ccccc3)no2)s1. The van der Waals surface area contributed by atoms with E-state index in [-0.39, 0.29) is 12.5 Å². The highest BCUT2D eigenvalue weighted by atomic mass is 32.1. The first-order chi connectivity index (χ1) is 13.2. The Kier molecular flexibility index (Phi) is 4.76. The molecule has 6 nitrogen and oxygen atoms in total. The van der Waals surface area contributed by atoms with E-state index in [4.69, 9.17) is 9.26 Å². The van der Waals surface area contributed by atoms with E-state index in [2.05, 4.69) is 15.1 Å². The van der Waals surface area contributed by atoms with Crippen LogP contribution in [0.4, 0.5) is 0 Å². The first-order valence-electron chi connectivity index (χ1n) is 8.28. The van der Waals surface area contributed by atoms with Crippen LogP contribution in [0.15, 0.2) is 65.2 Å². The van der Waals surface area contributed by atoms with Gasteiger partial charge in [-0.2, -0.15) is 4.98 Å². The van der Waals surface area contributed by atoms with Crippen LogP contribution in [0.25, 0.3) is 22.6 Å². The van der Waals surface area contributed by atoms with E-state index in [0.29, 0.717) is 16.4 Å². The van der Waals surface area contributed by atoms with Gasteiger partial charge in [-0.1, -0.05) is 65.8 Å². The standard InChI is InChI=1S/C20H15N3O3S/c1-13-21-17(14-8-4-2-5-9-14)18(27-13)20(24)25-12-16-22-19(23-26-16)15-10-6-3-7-11-15/h2-11H,12H2,1H3. The second kappa shape index (κ2) is 7.51. The van der Waals surface area contributed by atoms with E-state index < -0.39 is 5.97 Å².